The number of amides is 1. The van der Waals surface area contributed by atoms with Crippen LogP contribution >= 0.6 is 0 Å². The normalized spacial score (nSPS) is 18.4. The van der Waals surface area contributed by atoms with Crippen molar-refractivity contribution in [3.8, 4) is 0 Å². The minimum atomic E-state index is -1.04. The minimum absolute atomic E-state index is 0.136. The molecule has 0 bridgehead atoms. The van der Waals surface area contributed by atoms with E-state index in [0.717, 1.165) is 5.69 Å². The summed E-state index contributed by atoms with van der Waals surface area (Å²) in [5, 5.41) is 12.0. The van der Waals surface area contributed by atoms with E-state index in [1.54, 1.807) is 31.9 Å². The maximum atomic E-state index is 12.0. The SMILES string of the molecule is CNC(=O)C1COCCN1c1nc(C)cc(C)c1C(=O)O. The maximum absolute atomic E-state index is 12.0. The topological polar surface area (TPSA) is 91.8 Å². The highest BCUT2D eigenvalue weighted by Crippen LogP contribution is 2.26. The number of nitrogens with zero attached hydrogens (tertiary/aromatic N) is 2. The van der Waals surface area contributed by atoms with Crippen LogP contribution in [0.1, 0.15) is 21.6 Å². The molecule has 0 radical (unpaired) electrons. The number of aromatic carboxylic acids is 1. The summed E-state index contributed by atoms with van der Waals surface area (Å²) < 4.78 is 5.34. The lowest BCUT2D eigenvalue weighted by Crippen LogP contribution is -2.54. The zero-order valence-electron chi connectivity index (χ0n) is 12.3. The average molecular weight is 293 g/mol. The summed E-state index contributed by atoms with van der Waals surface area (Å²) in [6.07, 6.45) is 0. The van der Waals surface area contributed by atoms with Gasteiger partial charge in [0.25, 0.3) is 0 Å². The molecule has 1 atom stereocenters. The zero-order valence-corrected chi connectivity index (χ0v) is 12.3. The lowest BCUT2D eigenvalue weighted by Gasteiger charge is -2.36. The molecule has 114 valence electrons. The summed E-state index contributed by atoms with van der Waals surface area (Å²) in [7, 11) is 1.54. The summed E-state index contributed by atoms with van der Waals surface area (Å²) in [4.78, 5) is 29.6. The molecule has 0 spiro atoms. The smallest absolute Gasteiger partial charge is 0.339 e. The van der Waals surface area contributed by atoms with Crippen molar-refractivity contribution in [2.24, 2.45) is 0 Å². The van der Waals surface area contributed by atoms with Crippen molar-refractivity contribution in [2.75, 3.05) is 31.7 Å². The molecular weight excluding hydrogens is 274 g/mol. The fourth-order valence-corrected chi connectivity index (χ4v) is 2.53. The highest BCUT2D eigenvalue weighted by atomic mass is 16.5. The number of hydrogen-bond acceptors (Lipinski definition) is 5. The summed E-state index contributed by atoms with van der Waals surface area (Å²) in [5.41, 5.74) is 1.48. The van der Waals surface area contributed by atoms with E-state index in [1.165, 1.54) is 0 Å². The number of hydrogen-bond donors (Lipinski definition) is 2. The molecule has 2 heterocycles. The Morgan fingerprint density at radius 3 is 2.81 bits per heavy atom. The monoisotopic (exact) mass is 293 g/mol. The van der Waals surface area contributed by atoms with Crippen molar-refractivity contribution in [1.29, 1.82) is 0 Å². The minimum Gasteiger partial charge on any atom is -0.478 e. The van der Waals surface area contributed by atoms with Crippen LogP contribution in [0.2, 0.25) is 0 Å². The second kappa shape index (κ2) is 6.09. The van der Waals surface area contributed by atoms with Crippen LogP contribution in [0.3, 0.4) is 0 Å². The Labute approximate surface area is 122 Å². The van der Waals surface area contributed by atoms with Crippen LogP contribution in [-0.2, 0) is 9.53 Å². The largest absolute Gasteiger partial charge is 0.478 e. The first-order valence-electron chi connectivity index (χ1n) is 6.73. The molecule has 7 heteroatoms. The van der Waals surface area contributed by atoms with Gasteiger partial charge in [-0.2, -0.15) is 0 Å². The molecule has 21 heavy (non-hydrogen) atoms. The van der Waals surface area contributed by atoms with Gasteiger partial charge in [-0.1, -0.05) is 0 Å². The molecule has 0 aromatic carbocycles. The standard InChI is InChI=1S/C14H19N3O4/c1-8-6-9(2)16-12(11(8)14(19)20)17-4-5-21-7-10(17)13(18)15-3/h6,10H,4-5,7H2,1-3H3,(H,15,18)(H,19,20). The summed E-state index contributed by atoms with van der Waals surface area (Å²) in [6.45, 7) is 4.61. The van der Waals surface area contributed by atoms with Gasteiger partial charge in [-0.05, 0) is 25.5 Å². The Morgan fingerprint density at radius 1 is 1.48 bits per heavy atom. The van der Waals surface area contributed by atoms with E-state index in [1.807, 2.05) is 0 Å². The molecule has 1 unspecified atom stereocenters. The van der Waals surface area contributed by atoms with E-state index in [2.05, 4.69) is 10.3 Å². The molecule has 1 aromatic heterocycles. The number of carboxylic acids is 1. The van der Waals surface area contributed by atoms with Crippen molar-refractivity contribution in [1.82, 2.24) is 10.3 Å². The van der Waals surface area contributed by atoms with E-state index >= 15 is 0 Å². The number of ether oxygens (including phenoxy) is 1. The average Bonchev–Trinajstić information content (AvgIpc) is 2.45. The number of carbonyl (C=O) groups excluding carboxylic acids is 1. The predicted octanol–water partition coefficient (Wildman–Crippen LogP) is 0.348. The molecule has 1 aromatic rings. The van der Waals surface area contributed by atoms with Crippen LogP contribution in [0.4, 0.5) is 5.82 Å². The third-order valence-corrected chi connectivity index (χ3v) is 3.49. The Kier molecular flexibility index (Phi) is 4.42. The number of carboxylic acid groups (broad SMARTS) is 1. The van der Waals surface area contributed by atoms with Crippen LogP contribution in [0.5, 0.6) is 0 Å². The summed E-state index contributed by atoms with van der Waals surface area (Å²) in [5.74, 6) is -0.930. The molecule has 7 nitrogen and oxygen atoms in total. The van der Waals surface area contributed by atoms with E-state index in [-0.39, 0.29) is 18.1 Å². The number of aromatic nitrogens is 1. The van der Waals surface area contributed by atoms with E-state index in [0.29, 0.717) is 24.5 Å². The van der Waals surface area contributed by atoms with Gasteiger partial charge in [0.1, 0.15) is 17.4 Å². The second-order valence-electron chi connectivity index (χ2n) is 4.98. The van der Waals surface area contributed by atoms with Crippen molar-refractivity contribution in [3.05, 3.63) is 22.9 Å². The predicted molar refractivity (Wildman–Crippen MR) is 76.7 cm³/mol. The number of anilines is 1. The lowest BCUT2D eigenvalue weighted by molar-refractivity contribution is -0.124. The molecular formula is C14H19N3O4. The van der Waals surface area contributed by atoms with Crippen LogP contribution in [0.15, 0.2) is 6.07 Å². The fourth-order valence-electron chi connectivity index (χ4n) is 2.53. The van der Waals surface area contributed by atoms with Crippen LogP contribution in [-0.4, -0.2) is 54.8 Å². The Hall–Kier alpha value is -2.15. The summed E-state index contributed by atoms with van der Waals surface area (Å²) >= 11 is 0. The van der Waals surface area contributed by atoms with Gasteiger partial charge in [-0.15, -0.1) is 0 Å². The van der Waals surface area contributed by atoms with Gasteiger partial charge < -0.3 is 20.1 Å². The van der Waals surface area contributed by atoms with Crippen molar-refractivity contribution in [2.45, 2.75) is 19.9 Å². The molecule has 2 rings (SSSR count). The molecule has 0 aliphatic carbocycles. The first-order chi connectivity index (χ1) is 9.95. The molecule has 1 fully saturated rings. The van der Waals surface area contributed by atoms with Crippen molar-refractivity contribution in [3.63, 3.8) is 0 Å². The Balaban J connectivity index is 2.52. The molecule has 2 N–H and O–H groups in total. The number of morpholine rings is 1. The maximum Gasteiger partial charge on any atom is 0.339 e. The van der Waals surface area contributed by atoms with Gasteiger partial charge in [-0.3, -0.25) is 4.79 Å². The van der Waals surface area contributed by atoms with Gasteiger partial charge in [0, 0.05) is 19.3 Å². The number of rotatable bonds is 3. The molecule has 0 saturated carbocycles. The number of nitrogens with one attached hydrogen (secondary N) is 1. The van der Waals surface area contributed by atoms with Gasteiger partial charge >= 0.3 is 5.97 Å². The molecule has 1 aliphatic heterocycles. The van der Waals surface area contributed by atoms with Crippen molar-refractivity contribution < 1.29 is 19.4 Å². The van der Waals surface area contributed by atoms with Gasteiger partial charge in [0.15, 0.2) is 0 Å². The van der Waals surface area contributed by atoms with Gasteiger partial charge in [0.2, 0.25) is 5.91 Å². The third kappa shape index (κ3) is 2.97. The van der Waals surface area contributed by atoms with Crippen molar-refractivity contribution >= 4 is 17.7 Å². The molecule has 1 saturated heterocycles. The fraction of sp³-hybridized carbons (Fsp3) is 0.500. The highest BCUT2D eigenvalue weighted by molar-refractivity contribution is 5.96. The summed E-state index contributed by atoms with van der Waals surface area (Å²) in [6, 6.07) is 1.15. The van der Waals surface area contributed by atoms with Crippen LogP contribution in [0, 0.1) is 13.8 Å². The first kappa shape index (κ1) is 15.2. The lowest BCUT2D eigenvalue weighted by atomic mass is 10.1. The van der Waals surface area contributed by atoms with E-state index < -0.39 is 12.0 Å². The second-order valence-corrected chi connectivity index (χ2v) is 4.98. The number of pyridine rings is 1. The molecule has 1 aliphatic rings. The quantitative estimate of drug-likeness (QED) is 0.835. The number of aryl methyl sites for hydroxylation is 2. The Morgan fingerprint density at radius 2 is 2.19 bits per heavy atom. The Bertz CT molecular complexity index is 574. The zero-order chi connectivity index (χ0) is 15.6. The molecule has 1 amide bonds. The highest BCUT2D eigenvalue weighted by Gasteiger charge is 2.33. The van der Waals surface area contributed by atoms with Crippen LogP contribution in [0.25, 0.3) is 0 Å². The number of carbonyl (C=O) groups is 2. The van der Waals surface area contributed by atoms with E-state index in [9.17, 15) is 14.7 Å². The number of likely N-dealkylation sites (N-methyl/N-ethyl adjacent to an activating group) is 1. The third-order valence-electron chi connectivity index (χ3n) is 3.49. The van der Waals surface area contributed by atoms with Gasteiger partial charge in [0.05, 0.1) is 13.2 Å². The van der Waals surface area contributed by atoms with E-state index in [4.69, 9.17) is 4.74 Å². The van der Waals surface area contributed by atoms with Gasteiger partial charge in [-0.25, -0.2) is 9.78 Å². The first-order valence-corrected chi connectivity index (χ1v) is 6.73. The van der Waals surface area contributed by atoms with Crippen LogP contribution < -0.4 is 10.2 Å².